The third-order valence-corrected chi connectivity index (χ3v) is 5.33. The summed E-state index contributed by atoms with van der Waals surface area (Å²) in [6, 6.07) is 11.9. The molecule has 1 aromatic carbocycles. The van der Waals surface area contributed by atoms with Crippen molar-refractivity contribution in [2.24, 2.45) is 0 Å². The first kappa shape index (κ1) is 19.5. The van der Waals surface area contributed by atoms with Gasteiger partial charge in [-0.25, -0.2) is 4.98 Å². The molecule has 0 spiro atoms. The fourth-order valence-electron chi connectivity index (χ4n) is 3.13. The molecule has 3 heterocycles. The number of aryl methyl sites for hydroxylation is 2. The smallest absolute Gasteiger partial charge is 0.263 e. The minimum atomic E-state index is -0.101. The maximum absolute atomic E-state index is 12.7. The number of hydrogen-bond acceptors (Lipinski definition) is 5. The molecule has 6 nitrogen and oxygen atoms in total. The SMILES string of the molecule is Cc1nc(-c2ccccc2)c(C(=O)NCc2cc3n(n2)CCCNC3)s1.Cl. The van der Waals surface area contributed by atoms with Gasteiger partial charge in [-0.1, -0.05) is 30.3 Å². The summed E-state index contributed by atoms with van der Waals surface area (Å²) in [5.74, 6) is -0.101. The van der Waals surface area contributed by atoms with Crippen LogP contribution >= 0.6 is 23.7 Å². The number of thiazole rings is 1. The minimum Gasteiger partial charge on any atom is -0.346 e. The second kappa shape index (κ2) is 8.65. The quantitative estimate of drug-likeness (QED) is 0.701. The average molecular weight is 404 g/mol. The van der Waals surface area contributed by atoms with Crippen molar-refractivity contribution in [3.05, 3.63) is 57.7 Å². The van der Waals surface area contributed by atoms with E-state index in [0.29, 0.717) is 11.4 Å². The molecule has 4 rings (SSSR count). The molecule has 142 valence electrons. The highest BCUT2D eigenvalue weighted by Gasteiger charge is 2.18. The lowest BCUT2D eigenvalue weighted by atomic mass is 10.1. The van der Waals surface area contributed by atoms with Gasteiger partial charge in [0.15, 0.2) is 0 Å². The van der Waals surface area contributed by atoms with Crippen LogP contribution in [-0.4, -0.2) is 27.2 Å². The zero-order chi connectivity index (χ0) is 17.9. The predicted molar refractivity (Wildman–Crippen MR) is 109 cm³/mol. The molecule has 0 aliphatic carbocycles. The Labute approximate surface area is 168 Å². The maximum Gasteiger partial charge on any atom is 0.263 e. The summed E-state index contributed by atoms with van der Waals surface area (Å²) in [7, 11) is 0. The second-order valence-corrected chi connectivity index (χ2v) is 7.54. The Kier molecular flexibility index (Phi) is 6.26. The van der Waals surface area contributed by atoms with Crippen LogP contribution in [0, 0.1) is 6.92 Å². The zero-order valence-electron chi connectivity index (χ0n) is 15.1. The Bertz CT molecular complexity index is 898. The van der Waals surface area contributed by atoms with Gasteiger partial charge in [0.1, 0.15) is 4.88 Å². The molecule has 0 unspecified atom stereocenters. The van der Waals surface area contributed by atoms with E-state index in [2.05, 4.69) is 26.8 Å². The molecule has 0 fully saturated rings. The van der Waals surface area contributed by atoms with Gasteiger partial charge in [0.2, 0.25) is 0 Å². The van der Waals surface area contributed by atoms with Crippen molar-refractivity contribution in [3.63, 3.8) is 0 Å². The summed E-state index contributed by atoms with van der Waals surface area (Å²) in [6.07, 6.45) is 1.07. The van der Waals surface area contributed by atoms with E-state index in [-0.39, 0.29) is 18.3 Å². The van der Waals surface area contributed by atoms with Crippen LogP contribution in [0.4, 0.5) is 0 Å². The normalized spacial score (nSPS) is 13.4. The monoisotopic (exact) mass is 403 g/mol. The average Bonchev–Trinajstić information content (AvgIpc) is 3.17. The molecular weight excluding hydrogens is 382 g/mol. The fourth-order valence-corrected chi connectivity index (χ4v) is 3.99. The maximum atomic E-state index is 12.7. The van der Waals surface area contributed by atoms with Crippen molar-refractivity contribution in [2.75, 3.05) is 6.54 Å². The lowest BCUT2D eigenvalue weighted by molar-refractivity contribution is 0.0955. The largest absolute Gasteiger partial charge is 0.346 e. The molecule has 27 heavy (non-hydrogen) atoms. The van der Waals surface area contributed by atoms with Crippen molar-refractivity contribution in [1.29, 1.82) is 0 Å². The van der Waals surface area contributed by atoms with Gasteiger partial charge in [-0.2, -0.15) is 5.10 Å². The first-order valence-corrected chi connectivity index (χ1v) is 9.60. The summed E-state index contributed by atoms with van der Waals surface area (Å²) in [6.45, 7) is 5.11. The lowest BCUT2D eigenvalue weighted by Crippen LogP contribution is -2.23. The van der Waals surface area contributed by atoms with Gasteiger partial charge in [0, 0.05) is 18.7 Å². The summed E-state index contributed by atoms with van der Waals surface area (Å²) in [4.78, 5) is 17.9. The number of carbonyl (C=O) groups is 1. The van der Waals surface area contributed by atoms with Crippen molar-refractivity contribution >= 4 is 29.7 Å². The van der Waals surface area contributed by atoms with Crippen LogP contribution in [0.25, 0.3) is 11.3 Å². The van der Waals surface area contributed by atoms with Gasteiger partial charge < -0.3 is 10.6 Å². The third-order valence-electron chi connectivity index (χ3n) is 4.36. The van der Waals surface area contributed by atoms with Crippen LogP contribution < -0.4 is 10.6 Å². The van der Waals surface area contributed by atoms with Gasteiger partial charge in [0.05, 0.1) is 28.6 Å². The molecule has 1 aliphatic heterocycles. The Morgan fingerprint density at radius 2 is 2.15 bits per heavy atom. The Balaban J connectivity index is 0.00000210. The number of fused-ring (bicyclic) bond motifs is 1. The molecule has 2 N–H and O–H groups in total. The van der Waals surface area contributed by atoms with E-state index in [0.717, 1.165) is 48.0 Å². The minimum absolute atomic E-state index is 0. The molecular formula is C19H22ClN5OS. The van der Waals surface area contributed by atoms with Gasteiger partial charge in [-0.15, -0.1) is 23.7 Å². The Morgan fingerprint density at radius 1 is 1.33 bits per heavy atom. The summed E-state index contributed by atoms with van der Waals surface area (Å²) >= 11 is 1.42. The number of aromatic nitrogens is 3. The van der Waals surface area contributed by atoms with Crippen molar-refractivity contribution in [3.8, 4) is 11.3 Å². The van der Waals surface area contributed by atoms with Crippen LogP contribution in [-0.2, 0) is 19.6 Å². The number of nitrogens with one attached hydrogen (secondary N) is 2. The van der Waals surface area contributed by atoms with Crippen molar-refractivity contribution < 1.29 is 4.79 Å². The topological polar surface area (TPSA) is 71.8 Å². The van der Waals surface area contributed by atoms with Crippen LogP contribution in [0.3, 0.4) is 0 Å². The molecule has 1 amide bonds. The van der Waals surface area contributed by atoms with E-state index in [9.17, 15) is 4.79 Å². The van der Waals surface area contributed by atoms with Gasteiger partial charge in [-0.05, 0) is 26.0 Å². The van der Waals surface area contributed by atoms with E-state index in [1.165, 1.54) is 17.0 Å². The summed E-state index contributed by atoms with van der Waals surface area (Å²) in [5.41, 5.74) is 3.77. The Hall–Kier alpha value is -2.22. The first-order valence-electron chi connectivity index (χ1n) is 8.78. The second-order valence-electron chi connectivity index (χ2n) is 6.34. The highest BCUT2D eigenvalue weighted by molar-refractivity contribution is 7.14. The summed E-state index contributed by atoms with van der Waals surface area (Å²) < 4.78 is 2.04. The van der Waals surface area contributed by atoms with Gasteiger partial charge >= 0.3 is 0 Å². The van der Waals surface area contributed by atoms with Gasteiger partial charge in [0.25, 0.3) is 5.91 Å². The van der Waals surface area contributed by atoms with Crippen LogP contribution in [0.5, 0.6) is 0 Å². The lowest BCUT2D eigenvalue weighted by Gasteiger charge is -2.04. The number of nitrogens with zero attached hydrogens (tertiary/aromatic N) is 3. The highest BCUT2D eigenvalue weighted by Crippen LogP contribution is 2.27. The van der Waals surface area contributed by atoms with Crippen molar-refractivity contribution in [2.45, 2.75) is 33.0 Å². The number of halogens is 1. The molecule has 0 radical (unpaired) electrons. The van der Waals surface area contributed by atoms with Crippen molar-refractivity contribution in [1.82, 2.24) is 25.4 Å². The standard InChI is InChI=1S/C19H21N5OS.ClH/c1-13-22-17(14-6-3-2-4-7-14)18(26-13)19(25)21-11-15-10-16-12-20-8-5-9-24(16)23-15;/h2-4,6-7,10,20H,5,8-9,11-12H2,1H3,(H,21,25);1H. The van der Waals surface area contributed by atoms with Crippen LogP contribution in [0.2, 0.25) is 0 Å². The van der Waals surface area contributed by atoms with Crippen LogP contribution in [0.15, 0.2) is 36.4 Å². The molecule has 0 bridgehead atoms. The zero-order valence-corrected chi connectivity index (χ0v) is 16.7. The number of benzene rings is 1. The third kappa shape index (κ3) is 4.37. The Morgan fingerprint density at radius 3 is 2.96 bits per heavy atom. The number of hydrogen-bond donors (Lipinski definition) is 2. The first-order chi connectivity index (χ1) is 12.7. The molecule has 1 aliphatic rings. The highest BCUT2D eigenvalue weighted by atomic mass is 35.5. The number of amides is 1. The van der Waals surface area contributed by atoms with Gasteiger partial charge in [-0.3, -0.25) is 9.48 Å². The molecule has 0 saturated heterocycles. The summed E-state index contributed by atoms with van der Waals surface area (Å²) in [5, 5.41) is 11.9. The predicted octanol–water partition coefficient (Wildman–Crippen LogP) is 3.16. The van der Waals surface area contributed by atoms with Crippen LogP contribution in [0.1, 0.15) is 32.5 Å². The number of rotatable bonds is 4. The number of carbonyl (C=O) groups excluding carboxylic acids is 1. The van der Waals surface area contributed by atoms with E-state index in [4.69, 9.17) is 0 Å². The molecule has 2 aromatic heterocycles. The molecule has 0 atom stereocenters. The molecule has 8 heteroatoms. The fraction of sp³-hybridized carbons (Fsp3) is 0.316. The van der Waals surface area contributed by atoms with E-state index >= 15 is 0 Å². The molecule has 0 saturated carbocycles. The van der Waals surface area contributed by atoms with E-state index in [1.54, 1.807) is 0 Å². The van der Waals surface area contributed by atoms with E-state index < -0.39 is 0 Å². The van der Waals surface area contributed by atoms with E-state index in [1.807, 2.05) is 41.9 Å². The molecule has 3 aromatic rings.